The van der Waals surface area contributed by atoms with Crippen LogP contribution in [0.2, 0.25) is 0 Å². The first kappa shape index (κ1) is 11.2. The van der Waals surface area contributed by atoms with E-state index in [0.717, 1.165) is 36.2 Å². The minimum Gasteiger partial charge on any atom is -0.388 e. The van der Waals surface area contributed by atoms with Crippen LogP contribution in [0.25, 0.3) is 0 Å². The van der Waals surface area contributed by atoms with Crippen molar-refractivity contribution in [2.24, 2.45) is 0 Å². The van der Waals surface area contributed by atoms with E-state index in [0.29, 0.717) is 0 Å². The maximum absolute atomic E-state index is 9.88. The smallest absolute Gasteiger partial charge is 0.0807 e. The molecule has 0 amide bonds. The van der Waals surface area contributed by atoms with Gasteiger partial charge in [0, 0.05) is 17.0 Å². The maximum atomic E-state index is 9.88. The van der Waals surface area contributed by atoms with Gasteiger partial charge in [0.1, 0.15) is 0 Å². The third-order valence-electron chi connectivity index (χ3n) is 2.46. The minimum atomic E-state index is -0.344. The van der Waals surface area contributed by atoms with Crippen LogP contribution in [0.15, 0.2) is 12.1 Å². The van der Waals surface area contributed by atoms with Crippen molar-refractivity contribution in [2.75, 3.05) is 0 Å². The summed E-state index contributed by atoms with van der Waals surface area (Å²) in [7, 11) is 0. The van der Waals surface area contributed by atoms with Crippen molar-refractivity contribution in [3.63, 3.8) is 0 Å². The summed E-state index contributed by atoms with van der Waals surface area (Å²) >= 11 is 0. The average Bonchev–Trinajstić information content (AvgIpc) is 2.14. The fourth-order valence-corrected chi connectivity index (χ4v) is 1.60. The molecule has 0 saturated heterocycles. The zero-order valence-electron chi connectivity index (χ0n) is 9.25. The van der Waals surface area contributed by atoms with Crippen LogP contribution < -0.4 is 0 Å². The molecule has 1 N–H and O–H groups in total. The summed E-state index contributed by atoms with van der Waals surface area (Å²) in [6.45, 7) is 6.06. The predicted molar refractivity (Wildman–Crippen MR) is 58.2 cm³/mol. The van der Waals surface area contributed by atoms with E-state index in [-0.39, 0.29) is 6.10 Å². The summed E-state index contributed by atoms with van der Waals surface area (Å²) in [4.78, 5) is 4.34. The molecule has 0 aliphatic rings. The lowest BCUT2D eigenvalue weighted by molar-refractivity contribution is 0.163. The number of nitrogens with zero attached hydrogens (tertiary/aromatic N) is 1. The number of hydrogen-bond acceptors (Lipinski definition) is 2. The van der Waals surface area contributed by atoms with Gasteiger partial charge in [-0.05, 0) is 26.3 Å². The molecule has 14 heavy (non-hydrogen) atoms. The molecule has 0 aliphatic carbocycles. The number of aromatic nitrogens is 1. The van der Waals surface area contributed by atoms with Crippen molar-refractivity contribution in [2.45, 2.75) is 46.1 Å². The summed E-state index contributed by atoms with van der Waals surface area (Å²) in [6.07, 6.45) is 2.68. The van der Waals surface area contributed by atoms with Gasteiger partial charge in [-0.15, -0.1) is 0 Å². The first-order valence-corrected chi connectivity index (χ1v) is 5.27. The molecule has 1 aromatic rings. The molecule has 0 aliphatic heterocycles. The zero-order valence-corrected chi connectivity index (χ0v) is 9.25. The van der Waals surface area contributed by atoms with E-state index < -0.39 is 0 Å². The highest BCUT2D eigenvalue weighted by Gasteiger charge is 2.10. The van der Waals surface area contributed by atoms with Gasteiger partial charge in [0.25, 0.3) is 0 Å². The molecule has 1 aromatic heterocycles. The van der Waals surface area contributed by atoms with Crippen LogP contribution in [0, 0.1) is 13.8 Å². The Hall–Kier alpha value is -0.890. The number of rotatable bonds is 4. The molecule has 1 rings (SSSR count). The molecular formula is C12H19NO. The van der Waals surface area contributed by atoms with Crippen molar-refractivity contribution < 1.29 is 5.11 Å². The van der Waals surface area contributed by atoms with Crippen LogP contribution in [-0.2, 0) is 0 Å². The molecule has 1 unspecified atom stereocenters. The third-order valence-corrected chi connectivity index (χ3v) is 2.46. The fourth-order valence-electron chi connectivity index (χ4n) is 1.60. The second-order valence-corrected chi connectivity index (χ2v) is 3.79. The van der Waals surface area contributed by atoms with E-state index in [2.05, 4.69) is 11.9 Å². The standard InChI is InChI=1S/C12H19NO/c1-4-5-6-12(14)11-8-7-9(2)13-10(11)3/h7-8,12,14H,4-6H2,1-3H3. The summed E-state index contributed by atoms with van der Waals surface area (Å²) in [5, 5.41) is 9.88. The third kappa shape index (κ3) is 2.81. The van der Waals surface area contributed by atoms with E-state index in [4.69, 9.17) is 0 Å². The van der Waals surface area contributed by atoms with Gasteiger partial charge < -0.3 is 5.11 Å². The van der Waals surface area contributed by atoms with Crippen molar-refractivity contribution >= 4 is 0 Å². The first-order valence-electron chi connectivity index (χ1n) is 5.27. The highest BCUT2D eigenvalue weighted by atomic mass is 16.3. The summed E-state index contributed by atoms with van der Waals surface area (Å²) in [5.41, 5.74) is 2.94. The highest BCUT2D eigenvalue weighted by molar-refractivity contribution is 5.23. The van der Waals surface area contributed by atoms with E-state index in [1.54, 1.807) is 0 Å². The Bertz CT molecular complexity index is 296. The molecule has 0 spiro atoms. The molecule has 0 bridgehead atoms. The lowest BCUT2D eigenvalue weighted by Crippen LogP contribution is -2.02. The number of pyridine rings is 1. The molecule has 2 nitrogen and oxygen atoms in total. The van der Waals surface area contributed by atoms with Gasteiger partial charge in [-0.2, -0.15) is 0 Å². The maximum Gasteiger partial charge on any atom is 0.0807 e. The Morgan fingerprint density at radius 2 is 2.07 bits per heavy atom. The summed E-state index contributed by atoms with van der Waals surface area (Å²) < 4.78 is 0. The second kappa shape index (κ2) is 5.11. The van der Waals surface area contributed by atoms with Crippen LogP contribution in [0.3, 0.4) is 0 Å². The summed E-state index contributed by atoms with van der Waals surface area (Å²) in [5.74, 6) is 0. The molecule has 0 aromatic carbocycles. The number of aliphatic hydroxyl groups excluding tert-OH is 1. The van der Waals surface area contributed by atoms with Gasteiger partial charge in [-0.25, -0.2) is 0 Å². The number of aliphatic hydroxyl groups is 1. The zero-order chi connectivity index (χ0) is 10.6. The Kier molecular flexibility index (Phi) is 4.08. The molecule has 0 saturated carbocycles. The van der Waals surface area contributed by atoms with Gasteiger partial charge in [-0.3, -0.25) is 4.98 Å². The lowest BCUT2D eigenvalue weighted by atomic mass is 10.0. The van der Waals surface area contributed by atoms with Crippen molar-refractivity contribution in [1.29, 1.82) is 0 Å². The lowest BCUT2D eigenvalue weighted by Gasteiger charge is -2.12. The van der Waals surface area contributed by atoms with Crippen LogP contribution >= 0.6 is 0 Å². The van der Waals surface area contributed by atoms with E-state index in [1.165, 1.54) is 0 Å². The minimum absolute atomic E-state index is 0.344. The van der Waals surface area contributed by atoms with Crippen LogP contribution in [0.5, 0.6) is 0 Å². The molecule has 0 fully saturated rings. The van der Waals surface area contributed by atoms with Crippen LogP contribution in [0.4, 0.5) is 0 Å². The second-order valence-electron chi connectivity index (χ2n) is 3.79. The van der Waals surface area contributed by atoms with E-state index >= 15 is 0 Å². The number of unbranched alkanes of at least 4 members (excludes halogenated alkanes) is 1. The SMILES string of the molecule is CCCCC(O)c1ccc(C)nc1C. The van der Waals surface area contributed by atoms with Gasteiger partial charge in [0.15, 0.2) is 0 Å². The van der Waals surface area contributed by atoms with Gasteiger partial charge >= 0.3 is 0 Å². The first-order chi connectivity index (χ1) is 6.65. The fraction of sp³-hybridized carbons (Fsp3) is 0.583. The Morgan fingerprint density at radius 1 is 1.36 bits per heavy atom. The molecule has 78 valence electrons. The van der Waals surface area contributed by atoms with Gasteiger partial charge in [0.05, 0.1) is 6.10 Å². The largest absolute Gasteiger partial charge is 0.388 e. The Labute approximate surface area is 86.0 Å². The van der Waals surface area contributed by atoms with Crippen molar-refractivity contribution in [3.05, 3.63) is 29.1 Å². The number of aryl methyl sites for hydroxylation is 2. The normalized spacial score (nSPS) is 12.9. The van der Waals surface area contributed by atoms with Gasteiger partial charge in [0.2, 0.25) is 0 Å². The molecule has 0 radical (unpaired) electrons. The molecular weight excluding hydrogens is 174 g/mol. The van der Waals surface area contributed by atoms with Crippen molar-refractivity contribution in [1.82, 2.24) is 4.98 Å². The number of hydrogen-bond donors (Lipinski definition) is 1. The molecule has 1 atom stereocenters. The quantitative estimate of drug-likeness (QED) is 0.797. The topological polar surface area (TPSA) is 33.1 Å². The highest BCUT2D eigenvalue weighted by Crippen LogP contribution is 2.21. The predicted octanol–water partition coefficient (Wildman–Crippen LogP) is 2.92. The van der Waals surface area contributed by atoms with E-state index in [9.17, 15) is 5.11 Å². The van der Waals surface area contributed by atoms with Gasteiger partial charge in [-0.1, -0.05) is 25.8 Å². The average molecular weight is 193 g/mol. The Balaban J connectivity index is 2.74. The van der Waals surface area contributed by atoms with Crippen LogP contribution in [0.1, 0.15) is 49.2 Å². The molecule has 2 heteroatoms. The summed E-state index contributed by atoms with van der Waals surface area (Å²) in [6, 6.07) is 3.94. The molecule has 1 heterocycles. The van der Waals surface area contributed by atoms with Crippen LogP contribution in [-0.4, -0.2) is 10.1 Å². The Morgan fingerprint density at radius 3 is 2.64 bits per heavy atom. The van der Waals surface area contributed by atoms with E-state index in [1.807, 2.05) is 26.0 Å². The monoisotopic (exact) mass is 193 g/mol. The van der Waals surface area contributed by atoms with Crippen molar-refractivity contribution in [3.8, 4) is 0 Å².